The summed E-state index contributed by atoms with van der Waals surface area (Å²) in [6, 6.07) is 1.93. The average Bonchev–Trinajstić information content (AvgIpc) is 2.07. The van der Waals surface area contributed by atoms with Gasteiger partial charge >= 0.3 is 0 Å². The second kappa shape index (κ2) is 4.07. The lowest BCUT2D eigenvalue weighted by molar-refractivity contribution is 0.433. The van der Waals surface area contributed by atoms with E-state index in [4.69, 9.17) is 4.55 Å². The molecule has 5 nitrogen and oxygen atoms in total. The van der Waals surface area contributed by atoms with Crippen LogP contribution in [0.3, 0.4) is 0 Å². The number of aromatic hydroxyl groups is 2. The molecule has 1 rings (SSSR count). The molecule has 0 saturated heterocycles. The Bertz CT molecular complexity index is 375. The van der Waals surface area contributed by atoms with Crippen molar-refractivity contribution < 1.29 is 23.2 Å². The highest BCUT2D eigenvalue weighted by atomic mass is 32.2. The fourth-order valence-corrected chi connectivity index (χ4v) is 1.99. The van der Waals surface area contributed by atoms with Crippen molar-refractivity contribution in [3.05, 3.63) is 12.1 Å². The van der Waals surface area contributed by atoms with E-state index in [0.29, 0.717) is 0 Å². The highest BCUT2D eigenvalue weighted by Gasteiger charge is 2.14. The topological polar surface area (TPSA) is 94.8 Å². The zero-order valence-electron chi connectivity index (χ0n) is 7.13. The van der Waals surface area contributed by atoms with Crippen LogP contribution in [0.2, 0.25) is 0 Å². The molecule has 0 fully saturated rings. The maximum atomic E-state index is 11.0. The van der Waals surface area contributed by atoms with Gasteiger partial charge in [-0.05, 0) is 0 Å². The molecule has 0 amide bonds. The van der Waals surface area contributed by atoms with E-state index in [2.05, 4.69) is 0 Å². The van der Waals surface area contributed by atoms with E-state index in [1.54, 1.807) is 0 Å². The molecular weight excluding hydrogens is 228 g/mol. The van der Waals surface area contributed by atoms with E-state index >= 15 is 0 Å². The Labute approximate surface area is 85.1 Å². The van der Waals surface area contributed by atoms with E-state index in [1.165, 1.54) is 6.26 Å². The third-order valence-electron chi connectivity index (χ3n) is 1.54. The van der Waals surface area contributed by atoms with Crippen molar-refractivity contribution in [3.8, 4) is 11.5 Å². The van der Waals surface area contributed by atoms with Crippen LogP contribution in [-0.2, 0) is 21.9 Å². The normalized spacial score (nSPS) is 15.0. The van der Waals surface area contributed by atoms with Crippen LogP contribution < -0.4 is 0 Å². The molecule has 1 aromatic carbocycles. The summed E-state index contributed by atoms with van der Waals surface area (Å²) in [5, 5.41) is 18.5. The maximum Gasteiger partial charge on any atom is 0.190 e. The second-order valence-corrected chi connectivity index (χ2v) is 4.78. The summed E-state index contributed by atoms with van der Waals surface area (Å²) in [7, 11) is -1.46. The molecule has 0 aliphatic heterocycles. The minimum atomic E-state index is -2.38. The fourth-order valence-electron chi connectivity index (χ4n) is 0.909. The van der Waals surface area contributed by atoms with Crippen LogP contribution in [0.15, 0.2) is 21.9 Å². The Morgan fingerprint density at radius 3 is 1.93 bits per heavy atom. The largest absolute Gasteiger partial charge is 0.507 e. The minimum absolute atomic E-state index is 0.0247. The van der Waals surface area contributed by atoms with Gasteiger partial charge in [-0.3, -0.25) is 4.21 Å². The lowest BCUT2D eigenvalue weighted by atomic mass is 10.3. The Morgan fingerprint density at radius 1 is 1.07 bits per heavy atom. The molecule has 0 saturated carbocycles. The van der Waals surface area contributed by atoms with Crippen molar-refractivity contribution in [2.24, 2.45) is 0 Å². The molecule has 2 unspecified atom stereocenters. The molecule has 2 atom stereocenters. The summed E-state index contributed by atoms with van der Waals surface area (Å²) < 4.78 is 30.3. The van der Waals surface area contributed by atoms with Gasteiger partial charge in [0.15, 0.2) is 11.1 Å². The van der Waals surface area contributed by atoms with E-state index in [1.807, 2.05) is 0 Å². The molecule has 0 heterocycles. The molecule has 0 bridgehead atoms. The molecule has 0 spiro atoms. The zero-order chi connectivity index (χ0) is 10.9. The standard InChI is InChI=1S/C7H8O5S2/c1-13(10)6-2-5(9)7(14(11)12)3-4(6)8/h2-3,8-9H,1H3,(H,11,12). The highest BCUT2D eigenvalue weighted by molar-refractivity contribution is 7.84. The van der Waals surface area contributed by atoms with Gasteiger partial charge in [-0.1, -0.05) is 0 Å². The summed E-state index contributed by atoms with van der Waals surface area (Å²) >= 11 is -2.38. The van der Waals surface area contributed by atoms with E-state index < -0.39 is 27.6 Å². The molecule has 0 aromatic heterocycles. The molecule has 7 heteroatoms. The van der Waals surface area contributed by atoms with Gasteiger partial charge < -0.3 is 14.8 Å². The average molecular weight is 236 g/mol. The zero-order valence-corrected chi connectivity index (χ0v) is 8.76. The summed E-state index contributed by atoms with van der Waals surface area (Å²) in [6.07, 6.45) is 1.32. The van der Waals surface area contributed by atoms with Crippen molar-refractivity contribution in [2.75, 3.05) is 6.26 Å². The molecule has 14 heavy (non-hydrogen) atoms. The van der Waals surface area contributed by atoms with Crippen molar-refractivity contribution in [1.29, 1.82) is 0 Å². The summed E-state index contributed by atoms with van der Waals surface area (Å²) in [5.74, 6) is -0.838. The van der Waals surface area contributed by atoms with Crippen molar-refractivity contribution in [1.82, 2.24) is 0 Å². The van der Waals surface area contributed by atoms with Crippen LogP contribution in [0.25, 0.3) is 0 Å². The number of benzene rings is 1. The Balaban J connectivity index is 3.38. The first-order valence-electron chi connectivity index (χ1n) is 3.43. The first-order chi connectivity index (χ1) is 6.43. The smallest absolute Gasteiger partial charge is 0.190 e. The van der Waals surface area contributed by atoms with Crippen LogP contribution in [0.1, 0.15) is 0 Å². The van der Waals surface area contributed by atoms with Crippen LogP contribution in [0.4, 0.5) is 0 Å². The van der Waals surface area contributed by atoms with Crippen LogP contribution in [0.5, 0.6) is 11.5 Å². The summed E-state index contributed by atoms with van der Waals surface area (Å²) in [5.41, 5.74) is 0. The monoisotopic (exact) mass is 236 g/mol. The predicted molar refractivity (Wildman–Crippen MR) is 51.1 cm³/mol. The van der Waals surface area contributed by atoms with Crippen molar-refractivity contribution >= 4 is 21.9 Å². The lowest BCUT2D eigenvalue weighted by Gasteiger charge is -2.04. The van der Waals surface area contributed by atoms with Gasteiger partial charge in [-0.15, -0.1) is 0 Å². The van der Waals surface area contributed by atoms with Crippen molar-refractivity contribution in [2.45, 2.75) is 9.79 Å². The van der Waals surface area contributed by atoms with Crippen LogP contribution >= 0.6 is 0 Å². The minimum Gasteiger partial charge on any atom is -0.507 e. The number of hydrogen-bond donors (Lipinski definition) is 3. The van der Waals surface area contributed by atoms with Gasteiger partial charge in [0.1, 0.15) is 16.4 Å². The number of rotatable bonds is 2. The number of hydrogen-bond acceptors (Lipinski definition) is 4. The van der Waals surface area contributed by atoms with E-state index in [0.717, 1.165) is 12.1 Å². The van der Waals surface area contributed by atoms with Gasteiger partial charge in [-0.25, -0.2) is 4.21 Å². The second-order valence-electron chi connectivity index (χ2n) is 2.49. The summed E-state index contributed by atoms with van der Waals surface area (Å²) in [4.78, 5) is -0.284. The molecule has 1 aromatic rings. The molecule has 0 aliphatic carbocycles. The molecule has 0 aliphatic rings. The van der Waals surface area contributed by atoms with Gasteiger partial charge in [0.05, 0.1) is 15.7 Å². The Morgan fingerprint density at radius 2 is 1.50 bits per heavy atom. The van der Waals surface area contributed by atoms with E-state index in [-0.39, 0.29) is 15.5 Å². The third kappa shape index (κ3) is 2.11. The molecule has 3 N–H and O–H groups in total. The molecular formula is C7H8O5S2. The lowest BCUT2D eigenvalue weighted by Crippen LogP contribution is -1.93. The molecule has 0 radical (unpaired) electrons. The first kappa shape index (κ1) is 11.2. The first-order valence-corrected chi connectivity index (χ1v) is 6.10. The van der Waals surface area contributed by atoms with E-state index in [9.17, 15) is 18.6 Å². The summed E-state index contributed by atoms with van der Waals surface area (Å²) in [6.45, 7) is 0. The quantitative estimate of drug-likeness (QED) is 0.511. The number of phenolic OH excluding ortho intramolecular Hbond substituents is 2. The van der Waals surface area contributed by atoms with Crippen LogP contribution in [-0.4, -0.2) is 29.4 Å². The number of phenols is 2. The SMILES string of the molecule is CS(=O)c1cc(O)c(S(=O)O)cc1O. The molecule has 78 valence electrons. The van der Waals surface area contributed by atoms with Crippen LogP contribution in [0, 0.1) is 0 Å². The van der Waals surface area contributed by atoms with Gasteiger partial charge in [-0.2, -0.15) is 0 Å². The van der Waals surface area contributed by atoms with Gasteiger partial charge in [0, 0.05) is 18.4 Å². The predicted octanol–water partition coefficient (Wildman–Crippen LogP) is 0.416. The van der Waals surface area contributed by atoms with Gasteiger partial charge in [0.25, 0.3) is 0 Å². The fraction of sp³-hybridized carbons (Fsp3) is 0.143. The highest BCUT2D eigenvalue weighted by Crippen LogP contribution is 2.30. The van der Waals surface area contributed by atoms with Gasteiger partial charge in [0.2, 0.25) is 0 Å². The maximum absolute atomic E-state index is 11.0. The Hall–Kier alpha value is -0.920. The Kier molecular flexibility index (Phi) is 3.25. The third-order valence-corrected chi connectivity index (χ3v) is 3.19. The van der Waals surface area contributed by atoms with Crippen molar-refractivity contribution in [3.63, 3.8) is 0 Å².